The fraction of sp³-hybridized carbons (Fsp3) is 0.538. The van der Waals surface area contributed by atoms with Gasteiger partial charge in [0, 0.05) is 26.1 Å². The van der Waals surface area contributed by atoms with Crippen LogP contribution in [0.15, 0.2) is 29.4 Å². The number of hydrogen-bond acceptors (Lipinski definition) is 5. The third kappa shape index (κ3) is 2.99. The SMILES string of the molecule is COCCC1(C(=O)NS(=O)(=O)c2cccnc2)CCC1. The van der Waals surface area contributed by atoms with E-state index in [1.807, 2.05) is 0 Å². The molecular formula is C13H18N2O4S. The summed E-state index contributed by atoms with van der Waals surface area (Å²) in [5, 5.41) is 0. The molecule has 1 heterocycles. The van der Waals surface area contributed by atoms with Gasteiger partial charge in [-0.25, -0.2) is 13.1 Å². The largest absolute Gasteiger partial charge is 0.385 e. The third-order valence-electron chi connectivity index (χ3n) is 3.75. The number of sulfonamides is 1. The first-order chi connectivity index (χ1) is 9.50. The van der Waals surface area contributed by atoms with E-state index in [1.165, 1.54) is 24.5 Å². The molecule has 0 spiro atoms. The van der Waals surface area contributed by atoms with E-state index < -0.39 is 21.3 Å². The Kier molecular flexibility index (Phi) is 4.39. The van der Waals surface area contributed by atoms with E-state index in [4.69, 9.17) is 4.74 Å². The van der Waals surface area contributed by atoms with Crippen molar-refractivity contribution in [2.75, 3.05) is 13.7 Å². The molecule has 6 nitrogen and oxygen atoms in total. The lowest BCUT2D eigenvalue weighted by Gasteiger charge is -2.39. The van der Waals surface area contributed by atoms with Crippen molar-refractivity contribution in [3.05, 3.63) is 24.5 Å². The van der Waals surface area contributed by atoms with Crippen LogP contribution in [0, 0.1) is 5.41 Å². The number of pyridine rings is 1. The summed E-state index contributed by atoms with van der Waals surface area (Å²) in [6, 6.07) is 2.92. The van der Waals surface area contributed by atoms with E-state index in [2.05, 4.69) is 9.71 Å². The van der Waals surface area contributed by atoms with Gasteiger partial charge in [-0.1, -0.05) is 6.42 Å². The van der Waals surface area contributed by atoms with Gasteiger partial charge in [0.05, 0.1) is 5.41 Å². The normalized spacial score (nSPS) is 17.2. The van der Waals surface area contributed by atoms with Crippen molar-refractivity contribution < 1.29 is 17.9 Å². The fourth-order valence-electron chi connectivity index (χ4n) is 2.29. The predicted molar refractivity (Wildman–Crippen MR) is 72.3 cm³/mol. The van der Waals surface area contributed by atoms with Gasteiger partial charge in [0.15, 0.2) is 0 Å². The summed E-state index contributed by atoms with van der Waals surface area (Å²) in [4.78, 5) is 16.0. The second kappa shape index (κ2) is 5.88. The van der Waals surface area contributed by atoms with Gasteiger partial charge in [-0.2, -0.15) is 0 Å². The molecule has 1 fully saturated rings. The summed E-state index contributed by atoms with van der Waals surface area (Å²) in [5.74, 6) is -0.440. The fourth-order valence-corrected chi connectivity index (χ4v) is 3.32. The third-order valence-corrected chi connectivity index (χ3v) is 5.07. The van der Waals surface area contributed by atoms with Gasteiger partial charge >= 0.3 is 0 Å². The summed E-state index contributed by atoms with van der Waals surface area (Å²) in [6.07, 6.45) is 5.57. The Labute approximate surface area is 118 Å². The highest BCUT2D eigenvalue weighted by atomic mass is 32.2. The monoisotopic (exact) mass is 298 g/mol. The molecule has 1 N–H and O–H groups in total. The van der Waals surface area contributed by atoms with E-state index in [1.54, 1.807) is 7.11 Å². The number of rotatable bonds is 6. The quantitative estimate of drug-likeness (QED) is 0.850. The zero-order valence-electron chi connectivity index (χ0n) is 11.3. The van der Waals surface area contributed by atoms with Crippen LogP contribution < -0.4 is 4.72 Å². The molecule has 1 aliphatic rings. The van der Waals surface area contributed by atoms with E-state index in [0.29, 0.717) is 25.9 Å². The van der Waals surface area contributed by atoms with Crippen molar-refractivity contribution in [1.29, 1.82) is 0 Å². The number of nitrogens with zero attached hydrogens (tertiary/aromatic N) is 1. The number of methoxy groups -OCH3 is 1. The van der Waals surface area contributed by atoms with E-state index in [0.717, 1.165) is 6.42 Å². The highest BCUT2D eigenvalue weighted by molar-refractivity contribution is 7.90. The molecule has 7 heteroatoms. The second-order valence-electron chi connectivity index (χ2n) is 5.00. The molecule has 0 aliphatic heterocycles. The first kappa shape index (κ1) is 14.9. The standard InChI is InChI=1S/C13H18N2O4S/c1-19-9-7-13(5-3-6-13)12(16)15-20(17,18)11-4-2-8-14-10-11/h2,4,8,10H,3,5-7,9H2,1H3,(H,15,16). The molecule has 1 aromatic heterocycles. The molecular weight excluding hydrogens is 280 g/mol. The average molecular weight is 298 g/mol. The van der Waals surface area contributed by atoms with Crippen molar-refractivity contribution in [2.45, 2.75) is 30.6 Å². The number of amides is 1. The molecule has 2 rings (SSSR count). The summed E-state index contributed by atoms with van der Waals surface area (Å²) < 4.78 is 31.4. The zero-order valence-corrected chi connectivity index (χ0v) is 12.1. The van der Waals surface area contributed by atoms with Crippen LogP contribution >= 0.6 is 0 Å². The number of nitrogens with one attached hydrogen (secondary N) is 1. The van der Waals surface area contributed by atoms with Crippen LogP contribution in [0.1, 0.15) is 25.7 Å². The molecule has 110 valence electrons. The molecule has 1 amide bonds. The number of carbonyl (C=O) groups excluding carboxylic acids is 1. The highest BCUT2D eigenvalue weighted by Crippen LogP contribution is 2.44. The van der Waals surface area contributed by atoms with Gasteiger partial charge in [-0.15, -0.1) is 0 Å². The van der Waals surface area contributed by atoms with Crippen molar-refractivity contribution in [1.82, 2.24) is 9.71 Å². The molecule has 0 atom stereocenters. The Morgan fingerprint density at radius 1 is 1.50 bits per heavy atom. The van der Waals surface area contributed by atoms with Crippen LogP contribution in [0.4, 0.5) is 0 Å². The van der Waals surface area contributed by atoms with E-state index >= 15 is 0 Å². The second-order valence-corrected chi connectivity index (χ2v) is 6.68. The van der Waals surface area contributed by atoms with Gasteiger partial charge in [0.2, 0.25) is 5.91 Å². The summed E-state index contributed by atoms with van der Waals surface area (Å²) in [6.45, 7) is 0.445. The maximum absolute atomic E-state index is 12.3. The Morgan fingerprint density at radius 3 is 2.75 bits per heavy atom. The molecule has 0 saturated heterocycles. The van der Waals surface area contributed by atoms with Crippen LogP contribution in [0.2, 0.25) is 0 Å². The van der Waals surface area contributed by atoms with Crippen LogP contribution in [-0.4, -0.2) is 33.0 Å². The first-order valence-electron chi connectivity index (χ1n) is 6.46. The smallest absolute Gasteiger partial charge is 0.265 e. The van der Waals surface area contributed by atoms with Gasteiger partial charge < -0.3 is 4.74 Å². The molecule has 1 aromatic rings. The van der Waals surface area contributed by atoms with Crippen LogP contribution in [0.5, 0.6) is 0 Å². The Hall–Kier alpha value is -1.47. The predicted octanol–water partition coefficient (Wildman–Crippen LogP) is 1.09. The molecule has 20 heavy (non-hydrogen) atoms. The molecule has 1 saturated carbocycles. The summed E-state index contributed by atoms with van der Waals surface area (Å²) in [5.41, 5.74) is -0.606. The number of aromatic nitrogens is 1. The minimum atomic E-state index is -3.85. The van der Waals surface area contributed by atoms with Crippen molar-refractivity contribution in [2.24, 2.45) is 5.41 Å². The van der Waals surface area contributed by atoms with Crippen molar-refractivity contribution >= 4 is 15.9 Å². The van der Waals surface area contributed by atoms with Crippen LogP contribution in [-0.2, 0) is 19.6 Å². The Morgan fingerprint density at radius 2 is 2.25 bits per heavy atom. The maximum Gasteiger partial charge on any atom is 0.265 e. The molecule has 0 radical (unpaired) electrons. The Balaban J connectivity index is 2.11. The van der Waals surface area contributed by atoms with Gasteiger partial charge in [0.1, 0.15) is 4.90 Å². The molecule has 0 aromatic carbocycles. The zero-order chi connectivity index (χ0) is 14.6. The molecule has 1 aliphatic carbocycles. The summed E-state index contributed by atoms with van der Waals surface area (Å²) >= 11 is 0. The first-order valence-corrected chi connectivity index (χ1v) is 7.95. The van der Waals surface area contributed by atoms with Gasteiger partial charge in [0.25, 0.3) is 10.0 Å². The number of carbonyl (C=O) groups is 1. The lowest BCUT2D eigenvalue weighted by Crippen LogP contribution is -2.48. The highest BCUT2D eigenvalue weighted by Gasteiger charge is 2.45. The minimum Gasteiger partial charge on any atom is -0.385 e. The molecule has 0 unspecified atom stereocenters. The topological polar surface area (TPSA) is 85.4 Å². The Bertz CT molecular complexity index is 567. The lowest BCUT2D eigenvalue weighted by molar-refractivity contribution is -0.135. The molecule has 0 bridgehead atoms. The minimum absolute atomic E-state index is 0.00503. The number of hydrogen-bond donors (Lipinski definition) is 1. The van der Waals surface area contributed by atoms with E-state index in [-0.39, 0.29) is 4.90 Å². The maximum atomic E-state index is 12.3. The van der Waals surface area contributed by atoms with Crippen LogP contribution in [0.3, 0.4) is 0 Å². The lowest BCUT2D eigenvalue weighted by atomic mass is 9.66. The van der Waals surface area contributed by atoms with Crippen molar-refractivity contribution in [3.63, 3.8) is 0 Å². The summed E-state index contributed by atoms with van der Waals surface area (Å²) in [7, 11) is -2.28. The van der Waals surface area contributed by atoms with Gasteiger partial charge in [-0.3, -0.25) is 9.78 Å². The van der Waals surface area contributed by atoms with Crippen molar-refractivity contribution in [3.8, 4) is 0 Å². The number of ether oxygens (including phenoxy) is 1. The average Bonchev–Trinajstić information content (AvgIpc) is 2.38. The van der Waals surface area contributed by atoms with Crippen LogP contribution in [0.25, 0.3) is 0 Å². The van der Waals surface area contributed by atoms with E-state index in [9.17, 15) is 13.2 Å². The van der Waals surface area contributed by atoms with Gasteiger partial charge in [-0.05, 0) is 31.4 Å².